The highest BCUT2D eigenvalue weighted by Crippen LogP contribution is 2.28. The Balaban J connectivity index is 0.00000167. The van der Waals surface area contributed by atoms with Gasteiger partial charge in [-0.25, -0.2) is 8.42 Å². The van der Waals surface area contributed by atoms with E-state index in [0.717, 1.165) is 11.1 Å². The van der Waals surface area contributed by atoms with Crippen LogP contribution in [-0.4, -0.2) is 36.2 Å². The van der Waals surface area contributed by atoms with Crippen molar-refractivity contribution < 1.29 is 13.2 Å². The van der Waals surface area contributed by atoms with Crippen molar-refractivity contribution in [3.63, 3.8) is 0 Å². The van der Waals surface area contributed by atoms with E-state index in [2.05, 4.69) is 14.7 Å². The molecule has 0 bridgehead atoms. The van der Waals surface area contributed by atoms with Crippen LogP contribution in [0.15, 0.2) is 84.0 Å². The van der Waals surface area contributed by atoms with E-state index in [1.165, 1.54) is 18.5 Å². The average molecular weight is 491 g/mol. The lowest BCUT2D eigenvalue weighted by atomic mass is 10.0. The van der Waals surface area contributed by atoms with Gasteiger partial charge in [0.05, 0.1) is 22.8 Å². The molecule has 1 amide bonds. The summed E-state index contributed by atoms with van der Waals surface area (Å²) in [6.45, 7) is 7.77. The van der Waals surface area contributed by atoms with Crippen molar-refractivity contribution in [2.75, 3.05) is 11.8 Å². The summed E-state index contributed by atoms with van der Waals surface area (Å²) in [5, 5.41) is 0. The van der Waals surface area contributed by atoms with Crippen molar-refractivity contribution in [3.05, 3.63) is 95.8 Å². The quantitative estimate of drug-likeness (QED) is 0.380. The van der Waals surface area contributed by atoms with Gasteiger partial charge in [0.25, 0.3) is 15.9 Å². The molecule has 0 saturated heterocycles. The van der Waals surface area contributed by atoms with Crippen LogP contribution < -0.4 is 4.72 Å². The molecule has 182 valence electrons. The maximum absolute atomic E-state index is 13.4. The van der Waals surface area contributed by atoms with E-state index in [-0.39, 0.29) is 33.6 Å². The van der Waals surface area contributed by atoms with Crippen molar-refractivity contribution in [1.82, 2.24) is 14.9 Å². The zero-order valence-electron chi connectivity index (χ0n) is 20.6. The van der Waals surface area contributed by atoms with Gasteiger partial charge in [-0.3, -0.25) is 19.5 Å². The molecule has 4 rings (SSSR count). The van der Waals surface area contributed by atoms with Crippen molar-refractivity contribution in [2.45, 2.75) is 38.6 Å². The smallest absolute Gasteiger partial charge is 0.264 e. The lowest BCUT2D eigenvalue weighted by Crippen LogP contribution is -2.30. The second kappa shape index (κ2) is 11.1. The molecule has 1 atom stereocenters. The minimum absolute atomic E-state index is 0.000914. The Hall–Kier alpha value is -3.78. The molecule has 3 aromatic carbocycles. The predicted molar refractivity (Wildman–Crippen MR) is 140 cm³/mol. The van der Waals surface area contributed by atoms with Gasteiger partial charge in [0.1, 0.15) is 10.4 Å². The van der Waals surface area contributed by atoms with Crippen LogP contribution in [0.2, 0.25) is 0 Å². The number of para-hydroxylation sites is 1. The lowest BCUT2D eigenvalue weighted by molar-refractivity contribution is 0.0743. The number of amides is 1. The minimum atomic E-state index is -4.03. The fraction of sp³-hybridized carbons (Fsp3) is 0.222. The van der Waals surface area contributed by atoms with Crippen LogP contribution in [-0.2, 0) is 10.0 Å². The van der Waals surface area contributed by atoms with Crippen LogP contribution in [0, 0.1) is 6.92 Å². The monoisotopic (exact) mass is 490 g/mol. The summed E-state index contributed by atoms with van der Waals surface area (Å²) < 4.78 is 29.3. The summed E-state index contributed by atoms with van der Waals surface area (Å²) in [5.74, 6) is -0.290. The number of carbonyl (C=O) groups is 1. The third-order valence-electron chi connectivity index (χ3n) is 5.58. The SMILES string of the molecule is CC.Cc1ccc(C(=O)N(C)C(C)c2ccccc2)c(NS(=O)(=O)c2cccc3nccnc23)c1. The highest BCUT2D eigenvalue weighted by atomic mass is 32.2. The first-order chi connectivity index (χ1) is 16.8. The Morgan fingerprint density at radius 3 is 2.34 bits per heavy atom. The van der Waals surface area contributed by atoms with Crippen LogP contribution in [0.3, 0.4) is 0 Å². The van der Waals surface area contributed by atoms with E-state index in [4.69, 9.17) is 0 Å². The van der Waals surface area contributed by atoms with Crippen molar-refractivity contribution in [3.8, 4) is 0 Å². The molecule has 0 spiro atoms. The zero-order valence-corrected chi connectivity index (χ0v) is 21.4. The van der Waals surface area contributed by atoms with E-state index < -0.39 is 10.0 Å². The summed E-state index contributed by atoms with van der Waals surface area (Å²) in [5.41, 5.74) is 3.02. The number of hydrogen-bond acceptors (Lipinski definition) is 5. The molecule has 0 fully saturated rings. The molecule has 7 nitrogen and oxygen atoms in total. The molecule has 0 radical (unpaired) electrons. The second-order valence-corrected chi connectivity index (χ2v) is 9.49. The Morgan fingerprint density at radius 2 is 1.63 bits per heavy atom. The van der Waals surface area contributed by atoms with Crippen LogP contribution >= 0.6 is 0 Å². The molecular formula is C27H30N4O3S. The first-order valence-corrected chi connectivity index (χ1v) is 12.9. The van der Waals surface area contributed by atoms with Gasteiger partial charge in [0.2, 0.25) is 0 Å². The standard InChI is InChI=1S/C25H24N4O3S.C2H6/c1-17-12-13-20(25(30)29(3)18(2)19-8-5-4-6-9-19)22(16-17)28-33(31,32)23-11-7-10-21-24(23)27-15-14-26-21;1-2/h4-16,18,28H,1-3H3;1-2H3. The van der Waals surface area contributed by atoms with E-state index in [1.54, 1.807) is 42.3 Å². The Kier molecular flexibility index (Phi) is 8.19. The van der Waals surface area contributed by atoms with Crippen LogP contribution in [0.4, 0.5) is 5.69 Å². The number of anilines is 1. The summed E-state index contributed by atoms with van der Waals surface area (Å²) in [6, 6.07) is 19.3. The lowest BCUT2D eigenvalue weighted by Gasteiger charge is -2.26. The van der Waals surface area contributed by atoms with Crippen molar-refractivity contribution >= 4 is 32.7 Å². The number of benzene rings is 3. The fourth-order valence-corrected chi connectivity index (χ4v) is 4.87. The summed E-state index contributed by atoms with van der Waals surface area (Å²) in [7, 11) is -2.33. The van der Waals surface area contributed by atoms with Gasteiger partial charge < -0.3 is 4.90 Å². The van der Waals surface area contributed by atoms with Crippen LogP contribution in [0.25, 0.3) is 11.0 Å². The number of hydrogen-bond donors (Lipinski definition) is 1. The largest absolute Gasteiger partial charge is 0.335 e. The van der Waals surface area contributed by atoms with Gasteiger partial charge in [0, 0.05) is 19.4 Å². The Bertz CT molecular complexity index is 1420. The van der Waals surface area contributed by atoms with Gasteiger partial charge in [-0.1, -0.05) is 56.3 Å². The molecule has 0 aliphatic rings. The number of nitrogens with zero attached hydrogens (tertiary/aromatic N) is 3. The first-order valence-electron chi connectivity index (χ1n) is 11.4. The number of sulfonamides is 1. The first kappa shape index (κ1) is 25.8. The Labute approximate surface area is 206 Å². The van der Waals surface area contributed by atoms with Crippen molar-refractivity contribution in [1.29, 1.82) is 0 Å². The molecular weight excluding hydrogens is 460 g/mol. The maximum Gasteiger partial charge on any atom is 0.264 e. The number of aryl methyl sites for hydroxylation is 1. The number of nitrogens with one attached hydrogen (secondary N) is 1. The highest BCUT2D eigenvalue weighted by molar-refractivity contribution is 7.93. The Morgan fingerprint density at radius 1 is 0.943 bits per heavy atom. The molecule has 0 aliphatic heterocycles. The second-order valence-electron chi connectivity index (χ2n) is 7.84. The third kappa shape index (κ3) is 5.66. The zero-order chi connectivity index (χ0) is 25.6. The van der Waals surface area contributed by atoms with Crippen LogP contribution in [0.5, 0.6) is 0 Å². The van der Waals surface area contributed by atoms with E-state index in [0.29, 0.717) is 5.52 Å². The topological polar surface area (TPSA) is 92.3 Å². The molecule has 1 unspecified atom stereocenters. The fourth-order valence-electron chi connectivity index (χ4n) is 3.63. The maximum atomic E-state index is 13.4. The number of carbonyl (C=O) groups excluding carboxylic acids is 1. The minimum Gasteiger partial charge on any atom is -0.335 e. The van der Waals surface area contributed by atoms with Crippen LogP contribution in [0.1, 0.15) is 48.3 Å². The molecule has 0 aliphatic carbocycles. The number of fused-ring (bicyclic) bond motifs is 1. The van der Waals surface area contributed by atoms with Gasteiger partial charge in [-0.15, -0.1) is 0 Å². The van der Waals surface area contributed by atoms with Gasteiger partial charge in [-0.05, 0) is 49.2 Å². The molecule has 35 heavy (non-hydrogen) atoms. The van der Waals surface area contributed by atoms with E-state index >= 15 is 0 Å². The number of aromatic nitrogens is 2. The number of rotatable bonds is 6. The van der Waals surface area contributed by atoms with E-state index in [1.807, 2.05) is 58.0 Å². The summed E-state index contributed by atoms with van der Waals surface area (Å²) >= 11 is 0. The highest BCUT2D eigenvalue weighted by Gasteiger charge is 2.25. The average Bonchev–Trinajstić information content (AvgIpc) is 2.88. The van der Waals surface area contributed by atoms with Gasteiger partial charge in [0.15, 0.2) is 0 Å². The molecule has 1 N–H and O–H groups in total. The molecule has 0 saturated carbocycles. The van der Waals surface area contributed by atoms with E-state index in [9.17, 15) is 13.2 Å². The molecule has 4 aromatic rings. The molecule has 1 heterocycles. The molecule has 8 heteroatoms. The third-order valence-corrected chi connectivity index (χ3v) is 6.98. The van der Waals surface area contributed by atoms with Crippen molar-refractivity contribution in [2.24, 2.45) is 0 Å². The van der Waals surface area contributed by atoms with Gasteiger partial charge in [-0.2, -0.15) is 0 Å². The predicted octanol–water partition coefficient (Wildman–Crippen LogP) is 5.60. The summed E-state index contributed by atoms with van der Waals surface area (Å²) in [6.07, 6.45) is 2.95. The molecule has 1 aromatic heterocycles. The summed E-state index contributed by atoms with van der Waals surface area (Å²) in [4.78, 5) is 23.4. The van der Waals surface area contributed by atoms with Gasteiger partial charge >= 0.3 is 0 Å². The normalized spacial score (nSPS) is 11.8.